The van der Waals surface area contributed by atoms with Gasteiger partial charge in [-0.05, 0) is 178 Å². The summed E-state index contributed by atoms with van der Waals surface area (Å²) < 4.78 is 40.9. The molecule has 2 fully saturated rings. The molecule has 8 rings (SSSR count). The highest BCUT2D eigenvalue weighted by Crippen LogP contribution is 2.37. The maximum absolute atomic E-state index is 15.3. The summed E-state index contributed by atoms with van der Waals surface area (Å²) in [4.78, 5) is 50.7. The Hall–Kier alpha value is -7.28. The Bertz CT molecular complexity index is 2830. The molecule has 2 aromatic heterocycles. The van der Waals surface area contributed by atoms with E-state index < -0.39 is 11.7 Å². The molecule has 13 nitrogen and oxygen atoms in total. The van der Waals surface area contributed by atoms with Crippen LogP contribution in [0.2, 0.25) is 0 Å². The standard InChI is InChI=1S/C30H37FN4O3.C30H35FN4O2/c1-20(2)34(21(3)4)30(37)23-5-8-25(9-6-23)35(28-17-24(29(32)36)7-10-27(28)31)26-11-14-33(15-12-26)18-22-13-16-38-19-22;1-21(2)34(22(3)4)30(36)25-6-8-26(9-7-25)35(29-17-23(18-32)5-10-28(29)31)27-11-14-33(15-12-27)19-24-13-16-37-20-24/h5-10,13,16-17,19-21,26H,11-12,14-15,18H2,1-4H3,(H2,32,36);5-10,13,16-17,20-22,27H,11-12,14-15,19H2,1-4H3. The van der Waals surface area contributed by atoms with Gasteiger partial charge in [0.25, 0.3) is 11.8 Å². The fraction of sp³-hybridized carbons (Fsp3) is 0.400. The first kappa shape index (κ1) is 55.5. The summed E-state index contributed by atoms with van der Waals surface area (Å²) in [5, 5.41) is 9.46. The zero-order valence-corrected chi connectivity index (χ0v) is 44.6. The molecule has 0 unspecified atom stereocenters. The number of carbonyl (C=O) groups is 3. The topological polar surface area (TPSA) is 147 Å². The molecule has 2 aliphatic heterocycles. The number of rotatable bonds is 17. The van der Waals surface area contributed by atoms with Gasteiger partial charge in [-0.2, -0.15) is 5.26 Å². The van der Waals surface area contributed by atoms with Crippen molar-refractivity contribution in [2.45, 2.75) is 130 Å². The number of benzene rings is 4. The summed E-state index contributed by atoms with van der Waals surface area (Å²) in [6.07, 6.45) is 10.2. The second-order valence-electron chi connectivity index (χ2n) is 20.7. The molecule has 4 heterocycles. The number of nitriles is 1. The summed E-state index contributed by atoms with van der Waals surface area (Å²) in [6.45, 7) is 21.1. The van der Waals surface area contributed by atoms with Crippen LogP contribution in [-0.2, 0) is 13.1 Å². The maximum Gasteiger partial charge on any atom is 0.254 e. The summed E-state index contributed by atoms with van der Waals surface area (Å²) in [6, 6.07) is 29.8. The third kappa shape index (κ3) is 13.7. The van der Waals surface area contributed by atoms with Gasteiger partial charge < -0.3 is 34.2 Å². The number of anilines is 4. The number of nitrogens with two attached hydrogens (primary N) is 1. The lowest BCUT2D eigenvalue weighted by Gasteiger charge is -2.40. The van der Waals surface area contributed by atoms with Crippen LogP contribution < -0.4 is 15.5 Å². The van der Waals surface area contributed by atoms with Gasteiger partial charge in [-0.1, -0.05) is 0 Å². The van der Waals surface area contributed by atoms with Crippen LogP contribution in [0.5, 0.6) is 0 Å². The zero-order chi connectivity index (χ0) is 53.9. The predicted molar refractivity (Wildman–Crippen MR) is 290 cm³/mol. The molecule has 2 aliphatic rings. The first-order chi connectivity index (χ1) is 35.9. The van der Waals surface area contributed by atoms with Crippen molar-refractivity contribution < 1.29 is 32.0 Å². The number of halogens is 2. The lowest BCUT2D eigenvalue weighted by molar-refractivity contribution is 0.0634. The summed E-state index contributed by atoms with van der Waals surface area (Å²) >= 11 is 0. The lowest BCUT2D eigenvalue weighted by Crippen LogP contribution is -2.43. The quantitative estimate of drug-likeness (QED) is 0.0936. The van der Waals surface area contributed by atoms with E-state index in [2.05, 4.69) is 15.9 Å². The second-order valence-corrected chi connectivity index (χ2v) is 20.7. The number of primary amides is 1. The Morgan fingerprint density at radius 2 is 0.947 bits per heavy atom. The SMILES string of the molecule is CC(C)N(C(=O)c1ccc(N(c2cc(C#N)ccc2F)C2CCN(Cc3ccoc3)CC2)cc1)C(C)C.CC(C)N(C(=O)c1ccc(N(c2cc(C(N)=O)ccc2F)C2CCN(Cc3ccoc3)CC2)cc1)C(C)C. The smallest absolute Gasteiger partial charge is 0.254 e. The fourth-order valence-electron chi connectivity index (χ4n) is 10.6. The van der Waals surface area contributed by atoms with Crippen molar-refractivity contribution in [1.82, 2.24) is 19.6 Å². The van der Waals surface area contributed by atoms with Crippen molar-refractivity contribution in [2.24, 2.45) is 5.73 Å². The van der Waals surface area contributed by atoms with Gasteiger partial charge in [-0.15, -0.1) is 0 Å². The van der Waals surface area contributed by atoms with Crippen LogP contribution in [0.4, 0.5) is 31.5 Å². The van der Waals surface area contributed by atoms with Crippen LogP contribution >= 0.6 is 0 Å². The number of amides is 3. The van der Waals surface area contributed by atoms with Gasteiger partial charge in [0.05, 0.1) is 48.1 Å². The highest BCUT2D eigenvalue weighted by molar-refractivity contribution is 5.96. The summed E-state index contributed by atoms with van der Waals surface area (Å²) in [7, 11) is 0. The number of piperidine rings is 2. The molecule has 75 heavy (non-hydrogen) atoms. The van der Waals surface area contributed by atoms with Gasteiger partial charge in [0.2, 0.25) is 5.91 Å². The number of furan rings is 2. The molecular weight excluding hydrogens is 951 g/mol. The van der Waals surface area contributed by atoms with E-state index in [9.17, 15) is 19.6 Å². The molecule has 396 valence electrons. The van der Waals surface area contributed by atoms with Crippen molar-refractivity contribution in [3.63, 3.8) is 0 Å². The Labute approximate surface area is 441 Å². The van der Waals surface area contributed by atoms with E-state index in [1.54, 1.807) is 43.3 Å². The molecule has 2 N–H and O–H groups in total. The lowest BCUT2D eigenvalue weighted by atomic mass is 9.99. The van der Waals surface area contributed by atoms with E-state index in [0.717, 1.165) is 87.5 Å². The molecule has 0 aliphatic carbocycles. The average molecular weight is 1020 g/mol. The van der Waals surface area contributed by atoms with Gasteiger partial charge in [0, 0.05) is 115 Å². The molecule has 0 radical (unpaired) electrons. The van der Waals surface area contributed by atoms with Crippen LogP contribution in [0.25, 0.3) is 0 Å². The van der Waals surface area contributed by atoms with Crippen molar-refractivity contribution in [1.29, 1.82) is 5.26 Å². The highest BCUT2D eigenvalue weighted by atomic mass is 19.1. The number of nitrogens with zero attached hydrogens (tertiary/aromatic N) is 7. The van der Waals surface area contributed by atoms with Crippen LogP contribution in [0.15, 0.2) is 131 Å². The number of likely N-dealkylation sites (tertiary alicyclic amines) is 2. The third-order valence-electron chi connectivity index (χ3n) is 14.1. The molecule has 0 spiro atoms. The highest BCUT2D eigenvalue weighted by Gasteiger charge is 2.31. The normalized spacial score (nSPS) is 14.7. The van der Waals surface area contributed by atoms with Crippen LogP contribution in [0.3, 0.4) is 0 Å². The molecule has 0 saturated carbocycles. The van der Waals surface area contributed by atoms with E-state index >= 15 is 8.78 Å². The molecular formula is C60H72F2N8O5. The third-order valence-corrected chi connectivity index (χ3v) is 14.1. The van der Waals surface area contributed by atoms with E-state index in [1.807, 2.05) is 124 Å². The largest absolute Gasteiger partial charge is 0.472 e. The van der Waals surface area contributed by atoms with Crippen molar-refractivity contribution in [2.75, 3.05) is 36.0 Å². The summed E-state index contributed by atoms with van der Waals surface area (Å²) in [5.41, 5.74) is 11.9. The Kier molecular flexibility index (Phi) is 18.7. The van der Waals surface area contributed by atoms with Crippen LogP contribution in [0, 0.1) is 23.0 Å². The summed E-state index contributed by atoms with van der Waals surface area (Å²) in [5.74, 6) is -1.46. The Morgan fingerprint density at radius 1 is 0.573 bits per heavy atom. The van der Waals surface area contributed by atoms with E-state index in [0.29, 0.717) is 28.1 Å². The molecule has 4 aromatic carbocycles. The first-order valence-corrected chi connectivity index (χ1v) is 26.1. The Morgan fingerprint density at radius 3 is 1.29 bits per heavy atom. The molecule has 2 saturated heterocycles. The monoisotopic (exact) mass is 1020 g/mol. The van der Waals surface area contributed by atoms with Crippen molar-refractivity contribution in [3.8, 4) is 6.07 Å². The second kappa shape index (κ2) is 25.3. The molecule has 15 heteroatoms. The average Bonchev–Trinajstić information content (AvgIpc) is 4.12. The maximum atomic E-state index is 15.3. The minimum Gasteiger partial charge on any atom is -0.472 e. The molecule has 0 bridgehead atoms. The minimum absolute atomic E-state index is 0.00222. The van der Waals surface area contributed by atoms with Crippen molar-refractivity contribution in [3.05, 3.63) is 167 Å². The minimum atomic E-state index is -0.607. The van der Waals surface area contributed by atoms with E-state index in [4.69, 9.17) is 14.6 Å². The number of hydrogen-bond donors (Lipinski definition) is 1. The van der Waals surface area contributed by atoms with Gasteiger partial charge in [0.1, 0.15) is 11.6 Å². The molecule has 6 aromatic rings. The fourth-order valence-corrected chi connectivity index (χ4v) is 10.6. The predicted octanol–water partition coefficient (Wildman–Crippen LogP) is 11.9. The van der Waals surface area contributed by atoms with Gasteiger partial charge in [-0.25, -0.2) is 8.78 Å². The van der Waals surface area contributed by atoms with E-state index in [1.165, 1.54) is 30.3 Å². The van der Waals surface area contributed by atoms with Gasteiger partial charge >= 0.3 is 0 Å². The van der Waals surface area contributed by atoms with Crippen LogP contribution in [0.1, 0.15) is 129 Å². The van der Waals surface area contributed by atoms with Crippen LogP contribution in [-0.4, -0.2) is 99.8 Å². The van der Waals surface area contributed by atoms with Gasteiger partial charge in [-0.3, -0.25) is 24.2 Å². The van der Waals surface area contributed by atoms with E-state index in [-0.39, 0.29) is 59.4 Å². The number of hydrogen-bond acceptors (Lipinski definition) is 10. The Balaban J connectivity index is 0.000000219. The molecule has 3 amide bonds. The number of carbonyl (C=O) groups excluding carboxylic acids is 3. The first-order valence-electron chi connectivity index (χ1n) is 26.1. The zero-order valence-electron chi connectivity index (χ0n) is 44.6. The molecule has 0 atom stereocenters. The van der Waals surface area contributed by atoms with Gasteiger partial charge in [0.15, 0.2) is 0 Å². The van der Waals surface area contributed by atoms with Crippen molar-refractivity contribution >= 4 is 40.5 Å².